The van der Waals surface area contributed by atoms with Gasteiger partial charge in [-0.3, -0.25) is 0 Å². The Bertz CT molecular complexity index is 310. The average molecular weight is 260 g/mol. The van der Waals surface area contributed by atoms with Crippen molar-refractivity contribution < 1.29 is 24.5 Å². The largest absolute Gasteiger partial charge is 0.480 e. The first kappa shape index (κ1) is 14.7. The summed E-state index contributed by atoms with van der Waals surface area (Å²) in [5.41, 5.74) is 0. The van der Waals surface area contributed by atoms with Gasteiger partial charge in [0.1, 0.15) is 0 Å². The predicted octanol–water partition coefficient (Wildman–Crippen LogP) is -0.502. The van der Waals surface area contributed by atoms with Crippen LogP contribution in [0.3, 0.4) is 0 Å². The van der Waals surface area contributed by atoms with Crippen molar-refractivity contribution in [1.29, 1.82) is 0 Å². The van der Waals surface area contributed by atoms with Gasteiger partial charge in [-0.15, -0.1) is 0 Å². The number of methoxy groups -OCH3 is 1. The average Bonchev–Trinajstić information content (AvgIpc) is 2.35. The second-order valence-corrected chi connectivity index (χ2v) is 4.51. The molecule has 7 nitrogen and oxygen atoms in total. The number of carboxylic acid groups (broad SMARTS) is 1. The number of urea groups is 1. The molecule has 2 amide bonds. The topological polar surface area (TPSA) is 99.1 Å². The van der Waals surface area contributed by atoms with Crippen LogP contribution in [0.25, 0.3) is 0 Å². The Kier molecular flexibility index (Phi) is 5.36. The fourth-order valence-corrected chi connectivity index (χ4v) is 1.95. The van der Waals surface area contributed by atoms with Gasteiger partial charge in [0.2, 0.25) is 0 Å². The molecule has 0 saturated carbocycles. The van der Waals surface area contributed by atoms with E-state index in [9.17, 15) is 9.59 Å². The van der Waals surface area contributed by atoms with E-state index in [4.69, 9.17) is 14.9 Å². The molecule has 3 N–H and O–H groups in total. The van der Waals surface area contributed by atoms with Gasteiger partial charge in [0, 0.05) is 20.2 Å². The second kappa shape index (κ2) is 6.55. The lowest BCUT2D eigenvalue weighted by molar-refractivity contribution is -0.140. The monoisotopic (exact) mass is 260 g/mol. The number of hydrogen-bond acceptors (Lipinski definition) is 4. The van der Waals surface area contributed by atoms with Gasteiger partial charge in [-0.1, -0.05) is 6.92 Å². The first-order chi connectivity index (χ1) is 8.49. The summed E-state index contributed by atoms with van der Waals surface area (Å²) in [4.78, 5) is 24.0. The Morgan fingerprint density at radius 2 is 2.22 bits per heavy atom. The quantitative estimate of drug-likeness (QED) is 0.633. The van der Waals surface area contributed by atoms with Crippen LogP contribution in [0.15, 0.2) is 0 Å². The molecule has 2 unspecified atom stereocenters. The van der Waals surface area contributed by atoms with E-state index in [1.807, 2.05) is 0 Å². The second-order valence-electron chi connectivity index (χ2n) is 4.51. The van der Waals surface area contributed by atoms with Crippen molar-refractivity contribution in [3.63, 3.8) is 0 Å². The van der Waals surface area contributed by atoms with E-state index in [0.29, 0.717) is 19.0 Å². The number of piperidine rings is 1. The fraction of sp³-hybridized carbons (Fsp3) is 0.818. The van der Waals surface area contributed by atoms with Crippen LogP contribution < -0.4 is 5.32 Å². The number of nitrogens with zero attached hydrogens (tertiary/aromatic N) is 1. The van der Waals surface area contributed by atoms with Crippen molar-refractivity contribution in [2.24, 2.45) is 5.92 Å². The van der Waals surface area contributed by atoms with Gasteiger partial charge in [0.05, 0.1) is 12.7 Å². The molecule has 0 bridgehead atoms. The van der Waals surface area contributed by atoms with Crippen molar-refractivity contribution in [2.75, 3.05) is 26.8 Å². The molecule has 7 heteroatoms. The Morgan fingerprint density at radius 1 is 1.56 bits per heavy atom. The van der Waals surface area contributed by atoms with Crippen LogP contribution in [-0.2, 0) is 9.53 Å². The number of carbonyl (C=O) groups excluding carboxylic acids is 1. The zero-order valence-electron chi connectivity index (χ0n) is 10.6. The summed E-state index contributed by atoms with van der Waals surface area (Å²) in [6.07, 6.45) is 0.768. The minimum atomic E-state index is -1.27. The number of nitrogens with one attached hydrogen (secondary N) is 1. The van der Waals surface area contributed by atoms with Gasteiger partial charge >= 0.3 is 12.0 Å². The lowest BCUT2D eigenvalue weighted by Gasteiger charge is -2.36. The van der Waals surface area contributed by atoms with Gasteiger partial charge in [-0.05, 0) is 12.3 Å². The molecule has 1 saturated heterocycles. The summed E-state index contributed by atoms with van der Waals surface area (Å²) in [6, 6.07) is -1.75. The number of ether oxygens (including phenoxy) is 1. The Morgan fingerprint density at radius 3 is 2.72 bits per heavy atom. The minimum Gasteiger partial charge on any atom is -0.480 e. The summed E-state index contributed by atoms with van der Waals surface area (Å²) >= 11 is 0. The summed E-state index contributed by atoms with van der Waals surface area (Å²) in [5, 5.41) is 19.9. The maximum absolute atomic E-state index is 11.8. The van der Waals surface area contributed by atoms with E-state index >= 15 is 0 Å². The van der Waals surface area contributed by atoms with Crippen molar-refractivity contribution in [2.45, 2.75) is 25.5 Å². The van der Waals surface area contributed by atoms with E-state index < -0.39 is 24.6 Å². The molecular formula is C11H20N2O5. The van der Waals surface area contributed by atoms with E-state index in [-0.39, 0.29) is 6.10 Å². The molecule has 0 aromatic rings. The standard InChI is InChI=1S/C11H20N2O5/c1-7-3-4-13(5-9(7)18-2)11(17)12-8(6-14)10(15)16/h7-9,14H,3-6H2,1-2H3,(H,12,17)(H,15,16)/t7?,8-,9?/m1/s1. The third kappa shape index (κ3) is 3.58. The molecule has 0 radical (unpaired) electrons. The van der Waals surface area contributed by atoms with Crippen molar-refractivity contribution in [3.8, 4) is 0 Å². The number of rotatable bonds is 4. The fourth-order valence-electron chi connectivity index (χ4n) is 1.95. The SMILES string of the molecule is COC1CN(C(=O)N[C@H](CO)C(=O)O)CCC1C. The highest BCUT2D eigenvalue weighted by Gasteiger charge is 2.30. The maximum atomic E-state index is 11.8. The zero-order valence-corrected chi connectivity index (χ0v) is 10.6. The lowest BCUT2D eigenvalue weighted by atomic mass is 9.96. The van der Waals surface area contributed by atoms with Crippen LogP contribution in [0.2, 0.25) is 0 Å². The number of aliphatic hydroxyl groups is 1. The van der Waals surface area contributed by atoms with E-state index in [0.717, 1.165) is 6.42 Å². The number of amides is 2. The molecule has 1 aliphatic rings. The molecule has 104 valence electrons. The number of carbonyl (C=O) groups is 2. The maximum Gasteiger partial charge on any atom is 0.328 e. The molecule has 0 spiro atoms. The number of likely N-dealkylation sites (tertiary alicyclic amines) is 1. The highest BCUT2D eigenvalue weighted by Crippen LogP contribution is 2.19. The Balaban J connectivity index is 2.54. The molecule has 18 heavy (non-hydrogen) atoms. The molecule has 3 atom stereocenters. The number of aliphatic carboxylic acids is 1. The first-order valence-corrected chi connectivity index (χ1v) is 5.91. The zero-order chi connectivity index (χ0) is 13.7. The molecule has 0 aromatic heterocycles. The van der Waals surface area contributed by atoms with Crippen LogP contribution in [0.5, 0.6) is 0 Å². The van der Waals surface area contributed by atoms with Crippen LogP contribution >= 0.6 is 0 Å². The third-order valence-corrected chi connectivity index (χ3v) is 3.26. The van der Waals surface area contributed by atoms with Crippen LogP contribution in [-0.4, -0.2) is 66.1 Å². The minimum absolute atomic E-state index is 0.0399. The smallest absolute Gasteiger partial charge is 0.328 e. The van der Waals surface area contributed by atoms with Crippen molar-refractivity contribution in [1.82, 2.24) is 10.2 Å². The van der Waals surface area contributed by atoms with Crippen LogP contribution in [0.4, 0.5) is 4.79 Å². The van der Waals surface area contributed by atoms with E-state index in [1.54, 1.807) is 7.11 Å². The lowest BCUT2D eigenvalue weighted by Crippen LogP contribution is -2.54. The van der Waals surface area contributed by atoms with Crippen molar-refractivity contribution in [3.05, 3.63) is 0 Å². The summed E-state index contributed by atoms with van der Waals surface area (Å²) in [6.45, 7) is 2.42. The predicted molar refractivity (Wildman–Crippen MR) is 63.2 cm³/mol. The molecule has 0 aromatic carbocycles. The Hall–Kier alpha value is -1.34. The summed E-state index contributed by atoms with van der Waals surface area (Å²) < 4.78 is 5.28. The number of hydrogen-bond donors (Lipinski definition) is 3. The molecule has 0 aliphatic carbocycles. The molecule has 1 fully saturated rings. The van der Waals surface area contributed by atoms with Crippen LogP contribution in [0, 0.1) is 5.92 Å². The summed E-state index contributed by atoms with van der Waals surface area (Å²) in [7, 11) is 1.59. The molecule has 1 heterocycles. The number of carboxylic acids is 1. The molecule has 1 aliphatic heterocycles. The van der Waals surface area contributed by atoms with Gasteiger partial charge < -0.3 is 25.2 Å². The number of aliphatic hydroxyl groups excluding tert-OH is 1. The highest BCUT2D eigenvalue weighted by atomic mass is 16.5. The van der Waals surface area contributed by atoms with E-state index in [2.05, 4.69) is 12.2 Å². The third-order valence-electron chi connectivity index (χ3n) is 3.26. The summed E-state index contributed by atoms with van der Waals surface area (Å²) in [5.74, 6) is -0.883. The normalized spacial score (nSPS) is 25.6. The first-order valence-electron chi connectivity index (χ1n) is 5.91. The van der Waals surface area contributed by atoms with Gasteiger partial charge in [0.25, 0.3) is 0 Å². The van der Waals surface area contributed by atoms with Crippen molar-refractivity contribution >= 4 is 12.0 Å². The van der Waals surface area contributed by atoms with Gasteiger partial charge in [0.15, 0.2) is 6.04 Å². The highest BCUT2D eigenvalue weighted by molar-refractivity contribution is 5.82. The molecule has 1 rings (SSSR count). The van der Waals surface area contributed by atoms with Gasteiger partial charge in [-0.25, -0.2) is 9.59 Å². The van der Waals surface area contributed by atoms with E-state index in [1.165, 1.54) is 4.90 Å². The Labute approximate surface area is 106 Å². The molecular weight excluding hydrogens is 240 g/mol. The van der Waals surface area contributed by atoms with Crippen LogP contribution in [0.1, 0.15) is 13.3 Å². The van der Waals surface area contributed by atoms with Gasteiger partial charge in [-0.2, -0.15) is 0 Å².